The van der Waals surface area contributed by atoms with Crippen LogP contribution in [-0.2, 0) is 4.79 Å². The van der Waals surface area contributed by atoms with E-state index in [0.717, 1.165) is 12.2 Å². The molecule has 2 rings (SSSR count). The maximum atomic E-state index is 11.7. The summed E-state index contributed by atoms with van der Waals surface area (Å²) in [6, 6.07) is 7.36. The summed E-state index contributed by atoms with van der Waals surface area (Å²) in [4.78, 5) is 15.7. The fourth-order valence-electron chi connectivity index (χ4n) is 1.96. The van der Waals surface area contributed by atoms with E-state index in [1.807, 2.05) is 12.1 Å². The first kappa shape index (κ1) is 17.3. The van der Waals surface area contributed by atoms with Crippen LogP contribution in [0, 0.1) is 0 Å². The first-order valence-corrected chi connectivity index (χ1v) is 8.71. The van der Waals surface area contributed by atoms with Crippen molar-refractivity contribution >= 4 is 22.4 Å². The topological polar surface area (TPSA) is 60.5 Å². The highest BCUT2D eigenvalue weighted by atomic mass is 32.1. The van der Waals surface area contributed by atoms with Crippen molar-refractivity contribution in [2.75, 3.05) is 18.5 Å². The van der Waals surface area contributed by atoms with Crippen molar-refractivity contribution < 1.29 is 14.3 Å². The molecule has 5 nitrogen and oxygen atoms in total. The van der Waals surface area contributed by atoms with Gasteiger partial charge in [-0.2, -0.15) is 0 Å². The SMILES string of the molecule is CCCCCCOc1cccc(OCC(=O)Nc2nccs2)c1. The summed E-state index contributed by atoms with van der Waals surface area (Å²) in [6.07, 6.45) is 6.33. The van der Waals surface area contributed by atoms with Crippen molar-refractivity contribution in [1.29, 1.82) is 0 Å². The van der Waals surface area contributed by atoms with Gasteiger partial charge in [0.2, 0.25) is 0 Å². The minimum Gasteiger partial charge on any atom is -0.493 e. The summed E-state index contributed by atoms with van der Waals surface area (Å²) in [5.74, 6) is 1.15. The van der Waals surface area contributed by atoms with Crippen LogP contribution in [0.25, 0.3) is 0 Å². The molecule has 1 amide bonds. The zero-order valence-electron chi connectivity index (χ0n) is 13.3. The minimum absolute atomic E-state index is 0.0560. The first-order valence-electron chi connectivity index (χ1n) is 7.83. The summed E-state index contributed by atoms with van der Waals surface area (Å²) in [5, 5.41) is 5.05. The molecular formula is C17H22N2O3S. The molecule has 0 aliphatic heterocycles. The number of amides is 1. The van der Waals surface area contributed by atoms with Crippen LogP contribution in [0.1, 0.15) is 32.6 Å². The number of anilines is 1. The van der Waals surface area contributed by atoms with E-state index < -0.39 is 0 Å². The standard InChI is InChI=1S/C17H22N2O3S/c1-2-3-4-5-10-21-14-7-6-8-15(12-14)22-13-16(20)19-17-18-9-11-23-17/h6-9,11-12H,2-5,10,13H2,1H3,(H,18,19,20). The van der Waals surface area contributed by atoms with Crippen molar-refractivity contribution in [3.8, 4) is 11.5 Å². The molecule has 1 aromatic carbocycles. The second-order valence-corrected chi connectivity index (χ2v) is 5.95. The number of benzene rings is 1. The summed E-state index contributed by atoms with van der Waals surface area (Å²) >= 11 is 1.37. The third kappa shape index (κ3) is 6.69. The van der Waals surface area contributed by atoms with E-state index in [4.69, 9.17) is 9.47 Å². The Morgan fingerprint density at radius 2 is 2.04 bits per heavy atom. The Balaban J connectivity index is 1.72. The molecule has 0 radical (unpaired) electrons. The van der Waals surface area contributed by atoms with Gasteiger partial charge < -0.3 is 9.47 Å². The zero-order chi connectivity index (χ0) is 16.3. The Morgan fingerprint density at radius 3 is 2.78 bits per heavy atom. The van der Waals surface area contributed by atoms with Gasteiger partial charge in [0.1, 0.15) is 11.5 Å². The number of unbranched alkanes of at least 4 members (excludes halogenated alkanes) is 3. The van der Waals surface area contributed by atoms with Crippen LogP contribution in [-0.4, -0.2) is 24.1 Å². The molecule has 0 aliphatic carbocycles. The lowest BCUT2D eigenvalue weighted by Gasteiger charge is -2.09. The van der Waals surface area contributed by atoms with Gasteiger partial charge in [0, 0.05) is 17.6 Å². The van der Waals surface area contributed by atoms with E-state index in [2.05, 4.69) is 17.2 Å². The summed E-state index contributed by atoms with van der Waals surface area (Å²) in [5.41, 5.74) is 0. The first-order chi connectivity index (χ1) is 11.3. The van der Waals surface area contributed by atoms with Crippen molar-refractivity contribution in [1.82, 2.24) is 4.98 Å². The number of carbonyl (C=O) groups excluding carboxylic acids is 1. The van der Waals surface area contributed by atoms with Gasteiger partial charge in [-0.1, -0.05) is 32.3 Å². The highest BCUT2D eigenvalue weighted by Gasteiger charge is 2.06. The molecule has 2 aromatic rings. The number of hydrogen-bond donors (Lipinski definition) is 1. The molecule has 0 aliphatic rings. The molecule has 1 aromatic heterocycles. The number of aromatic nitrogens is 1. The molecule has 23 heavy (non-hydrogen) atoms. The molecule has 124 valence electrons. The molecule has 1 N–H and O–H groups in total. The fraction of sp³-hybridized carbons (Fsp3) is 0.412. The second-order valence-electron chi connectivity index (χ2n) is 5.06. The van der Waals surface area contributed by atoms with Crippen molar-refractivity contribution in [3.63, 3.8) is 0 Å². The van der Waals surface area contributed by atoms with Gasteiger partial charge in [-0.3, -0.25) is 10.1 Å². The maximum absolute atomic E-state index is 11.7. The number of nitrogens with one attached hydrogen (secondary N) is 1. The summed E-state index contributed by atoms with van der Waals surface area (Å²) in [7, 11) is 0. The van der Waals surface area contributed by atoms with Crippen LogP contribution in [0.15, 0.2) is 35.8 Å². The molecule has 1 heterocycles. The summed E-state index contributed by atoms with van der Waals surface area (Å²) in [6.45, 7) is 2.83. The molecule has 0 fully saturated rings. The second kappa shape index (κ2) is 9.84. The number of rotatable bonds is 10. The molecule has 0 bridgehead atoms. The number of hydrogen-bond acceptors (Lipinski definition) is 5. The Bertz CT molecular complexity index is 587. The number of thiazole rings is 1. The van der Waals surface area contributed by atoms with E-state index in [1.165, 1.54) is 30.6 Å². The predicted octanol–water partition coefficient (Wildman–Crippen LogP) is 4.12. The summed E-state index contributed by atoms with van der Waals surface area (Å²) < 4.78 is 11.2. The van der Waals surface area contributed by atoms with Gasteiger partial charge >= 0.3 is 0 Å². The molecular weight excluding hydrogens is 312 g/mol. The number of carbonyl (C=O) groups is 1. The molecule has 0 atom stereocenters. The largest absolute Gasteiger partial charge is 0.493 e. The van der Waals surface area contributed by atoms with Crippen molar-refractivity contribution in [2.45, 2.75) is 32.6 Å². The van der Waals surface area contributed by atoms with Crippen LogP contribution in [0.5, 0.6) is 11.5 Å². The van der Waals surface area contributed by atoms with Gasteiger partial charge in [0.25, 0.3) is 5.91 Å². The van der Waals surface area contributed by atoms with Crippen molar-refractivity contribution in [3.05, 3.63) is 35.8 Å². The van der Waals surface area contributed by atoms with Crippen LogP contribution in [0.3, 0.4) is 0 Å². The van der Waals surface area contributed by atoms with Gasteiger partial charge in [-0.25, -0.2) is 4.98 Å². The lowest BCUT2D eigenvalue weighted by molar-refractivity contribution is -0.118. The van der Waals surface area contributed by atoms with Crippen LogP contribution < -0.4 is 14.8 Å². The quantitative estimate of drug-likeness (QED) is 0.664. The Kier molecular flexibility index (Phi) is 7.39. The van der Waals surface area contributed by atoms with Crippen LogP contribution in [0.4, 0.5) is 5.13 Å². The van der Waals surface area contributed by atoms with Crippen LogP contribution >= 0.6 is 11.3 Å². The normalized spacial score (nSPS) is 10.3. The minimum atomic E-state index is -0.231. The zero-order valence-corrected chi connectivity index (χ0v) is 14.1. The third-order valence-corrected chi connectivity index (χ3v) is 3.81. The lowest BCUT2D eigenvalue weighted by atomic mass is 10.2. The van der Waals surface area contributed by atoms with Crippen molar-refractivity contribution in [2.24, 2.45) is 0 Å². The average Bonchev–Trinajstić information content (AvgIpc) is 3.06. The predicted molar refractivity (Wildman–Crippen MR) is 92.3 cm³/mol. The lowest BCUT2D eigenvalue weighted by Crippen LogP contribution is -2.19. The van der Waals surface area contributed by atoms with Gasteiger partial charge in [0.15, 0.2) is 11.7 Å². The fourth-order valence-corrected chi connectivity index (χ4v) is 2.51. The van der Waals surface area contributed by atoms with Crippen LogP contribution in [0.2, 0.25) is 0 Å². The number of nitrogens with zero attached hydrogens (tertiary/aromatic N) is 1. The molecule has 0 saturated heterocycles. The Morgan fingerprint density at radius 1 is 1.22 bits per heavy atom. The monoisotopic (exact) mass is 334 g/mol. The van der Waals surface area contributed by atoms with Gasteiger partial charge in [-0.15, -0.1) is 11.3 Å². The van der Waals surface area contributed by atoms with E-state index in [0.29, 0.717) is 17.5 Å². The van der Waals surface area contributed by atoms with E-state index >= 15 is 0 Å². The highest BCUT2D eigenvalue weighted by molar-refractivity contribution is 7.13. The number of ether oxygens (including phenoxy) is 2. The molecule has 0 unspecified atom stereocenters. The third-order valence-electron chi connectivity index (χ3n) is 3.12. The molecule has 6 heteroatoms. The average molecular weight is 334 g/mol. The molecule has 0 spiro atoms. The van der Waals surface area contributed by atoms with E-state index in [9.17, 15) is 4.79 Å². The van der Waals surface area contributed by atoms with E-state index in [1.54, 1.807) is 23.7 Å². The maximum Gasteiger partial charge on any atom is 0.264 e. The Hall–Kier alpha value is -2.08. The molecule has 0 saturated carbocycles. The smallest absolute Gasteiger partial charge is 0.264 e. The van der Waals surface area contributed by atoms with Gasteiger partial charge in [0.05, 0.1) is 6.61 Å². The van der Waals surface area contributed by atoms with Gasteiger partial charge in [-0.05, 0) is 18.6 Å². The van der Waals surface area contributed by atoms with E-state index in [-0.39, 0.29) is 12.5 Å². The Labute approximate surface area is 140 Å². The highest BCUT2D eigenvalue weighted by Crippen LogP contribution is 2.20.